The monoisotopic (exact) mass is 277 g/mol. The van der Waals surface area contributed by atoms with Crippen molar-refractivity contribution in [1.82, 2.24) is 4.90 Å². The number of amides is 1. The Balaban J connectivity index is 1.98. The third kappa shape index (κ3) is 3.57. The first-order valence-corrected chi connectivity index (χ1v) is 6.74. The molecule has 1 saturated heterocycles. The number of carboxylic acid groups (broad SMARTS) is 1. The number of carbonyl (C=O) groups excluding carboxylic acids is 1. The molecule has 5 nitrogen and oxygen atoms in total. The van der Waals surface area contributed by atoms with Gasteiger partial charge in [0, 0.05) is 20.2 Å². The van der Waals surface area contributed by atoms with Gasteiger partial charge >= 0.3 is 5.97 Å². The molecule has 2 rings (SSSR count). The van der Waals surface area contributed by atoms with Gasteiger partial charge in [-0.05, 0) is 24.5 Å². The molecule has 1 heterocycles. The maximum Gasteiger partial charge on any atom is 0.335 e. The summed E-state index contributed by atoms with van der Waals surface area (Å²) in [5.74, 6) is -1.09. The van der Waals surface area contributed by atoms with Gasteiger partial charge < -0.3 is 14.7 Å². The van der Waals surface area contributed by atoms with Gasteiger partial charge in [0.2, 0.25) is 5.91 Å². The van der Waals surface area contributed by atoms with Crippen molar-refractivity contribution in [3.05, 3.63) is 35.4 Å². The van der Waals surface area contributed by atoms with E-state index in [-0.39, 0.29) is 24.0 Å². The van der Waals surface area contributed by atoms with Crippen molar-refractivity contribution in [3.8, 4) is 0 Å². The van der Waals surface area contributed by atoms with Gasteiger partial charge in [-0.1, -0.05) is 18.2 Å². The van der Waals surface area contributed by atoms with Gasteiger partial charge in [0.15, 0.2) is 0 Å². The molecule has 0 saturated carbocycles. The molecule has 1 amide bonds. The molecule has 1 unspecified atom stereocenters. The number of hydrogen-bond donors (Lipinski definition) is 1. The van der Waals surface area contributed by atoms with E-state index in [0.29, 0.717) is 12.1 Å². The summed E-state index contributed by atoms with van der Waals surface area (Å²) in [6.07, 6.45) is 2.22. The third-order valence-corrected chi connectivity index (χ3v) is 3.52. The van der Waals surface area contributed by atoms with Crippen molar-refractivity contribution in [1.29, 1.82) is 0 Å². The minimum atomic E-state index is -1.00. The fraction of sp³-hybridized carbons (Fsp3) is 0.467. The summed E-state index contributed by atoms with van der Waals surface area (Å²) < 4.78 is 5.50. The van der Waals surface area contributed by atoms with Crippen LogP contribution >= 0.6 is 0 Å². The number of hydrogen-bond acceptors (Lipinski definition) is 3. The van der Waals surface area contributed by atoms with E-state index in [0.717, 1.165) is 19.4 Å². The molecule has 0 bridgehead atoms. The van der Waals surface area contributed by atoms with Crippen LogP contribution in [0.1, 0.15) is 28.8 Å². The maximum absolute atomic E-state index is 12.2. The zero-order valence-electron chi connectivity index (χ0n) is 11.5. The van der Waals surface area contributed by atoms with Gasteiger partial charge in [-0.2, -0.15) is 0 Å². The summed E-state index contributed by atoms with van der Waals surface area (Å²) in [5.41, 5.74) is 0.732. The summed E-state index contributed by atoms with van der Waals surface area (Å²) in [4.78, 5) is 24.9. The Morgan fingerprint density at radius 2 is 2.15 bits per heavy atom. The summed E-state index contributed by atoms with van der Waals surface area (Å²) in [7, 11) is 1.73. The van der Waals surface area contributed by atoms with Crippen molar-refractivity contribution in [3.63, 3.8) is 0 Å². The number of ether oxygens (including phenoxy) is 1. The van der Waals surface area contributed by atoms with Crippen LogP contribution in [0.15, 0.2) is 24.3 Å². The largest absolute Gasteiger partial charge is 0.478 e. The second-order valence-corrected chi connectivity index (χ2v) is 5.05. The maximum atomic E-state index is 12.2. The number of aromatic carboxylic acids is 1. The highest BCUT2D eigenvalue weighted by atomic mass is 16.5. The van der Waals surface area contributed by atoms with Gasteiger partial charge in [-0.3, -0.25) is 4.79 Å². The Labute approximate surface area is 118 Å². The van der Waals surface area contributed by atoms with Crippen molar-refractivity contribution in [2.24, 2.45) is 0 Å². The lowest BCUT2D eigenvalue weighted by atomic mass is 10.0. The average Bonchev–Trinajstić information content (AvgIpc) is 2.91. The fourth-order valence-electron chi connectivity index (χ4n) is 2.38. The molecule has 1 aromatic rings. The van der Waals surface area contributed by atoms with E-state index in [1.807, 2.05) is 0 Å². The normalized spacial score (nSPS) is 17.9. The molecule has 0 radical (unpaired) electrons. The smallest absolute Gasteiger partial charge is 0.335 e. The molecule has 1 aliphatic rings. The lowest BCUT2D eigenvalue weighted by Gasteiger charge is -2.21. The lowest BCUT2D eigenvalue weighted by Crippen LogP contribution is -2.35. The highest BCUT2D eigenvalue weighted by Crippen LogP contribution is 2.14. The Morgan fingerprint density at radius 1 is 1.40 bits per heavy atom. The lowest BCUT2D eigenvalue weighted by molar-refractivity contribution is -0.130. The minimum Gasteiger partial charge on any atom is -0.478 e. The zero-order valence-corrected chi connectivity index (χ0v) is 11.5. The Hall–Kier alpha value is -1.88. The van der Waals surface area contributed by atoms with Gasteiger partial charge in [-0.15, -0.1) is 0 Å². The highest BCUT2D eigenvalue weighted by molar-refractivity contribution is 5.91. The summed E-state index contributed by atoms with van der Waals surface area (Å²) in [6.45, 7) is 1.32. The molecular weight excluding hydrogens is 258 g/mol. The van der Waals surface area contributed by atoms with E-state index in [1.54, 1.807) is 30.1 Å². The van der Waals surface area contributed by atoms with Gasteiger partial charge in [0.25, 0.3) is 0 Å². The average molecular weight is 277 g/mol. The second-order valence-electron chi connectivity index (χ2n) is 5.05. The molecule has 1 fully saturated rings. The van der Waals surface area contributed by atoms with Crippen LogP contribution in [0, 0.1) is 0 Å². The molecule has 0 aromatic heterocycles. The van der Waals surface area contributed by atoms with Crippen LogP contribution in [-0.2, 0) is 16.0 Å². The Bertz CT molecular complexity index is 494. The number of likely N-dealkylation sites (N-methyl/N-ethyl adjacent to an activating group) is 1. The SMILES string of the molecule is CN(CC1CCCO1)C(=O)Cc1ccccc1C(=O)O. The van der Waals surface area contributed by atoms with Crippen LogP contribution in [0.5, 0.6) is 0 Å². The molecule has 5 heteroatoms. The summed E-state index contributed by atoms with van der Waals surface area (Å²) >= 11 is 0. The molecule has 20 heavy (non-hydrogen) atoms. The van der Waals surface area contributed by atoms with Crippen LogP contribution in [0.2, 0.25) is 0 Å². The molecule has 1 atom stereocenters. The van der Waals surface area contributed by atoms with Gasteiger partial charge in [0.1, 0.15) is 0 Å². The van der Waals surface area contributed by atoms with E-state index in [1.165, 1.54) is 6.07 Å². The third-order valence-electron chi connectivity index (χ3n) is 3.52. The quantitative estimate of drug-likeness (QED) is 0.887. The van der Waals surface area contributed by atoms with E-state index >= 15 is 0 Å². The number of rotatable bonds is 5. The molecule has 1 N–H and O–H groups in total. The summed E-state index contributed by atoms with van der Waals surface area (Å²) in [5, 5.41) is 9.10. The first kappa shape index (κ1) is 14.5. The van der Waals surface area contributed by atoms with Crippen molar-refractivity contribution >= 4 is 11.9 Å². The molecule has 0 spiro atoms. The Morgan fingerprint density at radius 3 is 2.80 bits per heavy atom. The van der Waals surface area contributed by atoms with Crippen LogP contribution < -0.4 is 0 Å². The summed E-state index contributed by atoms with van der Waals surface area (Å²) in [6, 6.07) is 6.61. The van der Waals surface area contributed by atoms with Crippen molar-refractivity contribution in [2.75, 3.05) is 20.2 Å². The van der Waals surface area contributed by atoms with E-state index in [9.17, 15) is 9.59 Å². The van der Waals surface area contributed by atoms with Gasteiger partial charge in [0.05, 0.1) is 18.1 Å². The molecule has 1 aromatic carbocycles. The van der Waals surface area contributed by atoms with Crippen LogP contribution in [-0.4, -0.2) is 48.2 Å². The number of benzene rings is 1. The predicted octanol–water partition coefficient (Wildman–Crippen LogP) is 1.56. The van der Waals surface area contributed by atoms with Crippen LogP contribution in [0.3, 0.4) is 0 Å². The minimum absolute atomic E-state index is 0.0887. The predicted molar refractivity (Wildman–Crippen MR) is 73.7 cm³/mol. The first-order chi connectivity index (χ1) is 9.58. The fourth-order valence-corrected chi connectivity index (χ4v) is 2.38. The number of carboxylic acids is 1. The number of nitrogens with zero attached hydrogens (tertiary/aromatic N) is 1. The standard InChI is InChI=1S/C15H19NO4/c1-16(10-12-6-4-8-20-12)14(17)9-11-5-2-3-7-13(11)15(18)19/h2-3,5,7,12H,4,6,8-10H2,1H3,(H,18,19). The highest BCUT2D eigenvalue weighted by Gasteiger charge is 2.21. The van der Waals surface area contributed by atoms with Crippen molar-refractivity contribution in [2.45, 2.75) is 25.4 Å². The van der Waals surface area contributed by atoms with E-state index < -0.39 is 5.97 Å². The zero-order chi connectivity index (χ0) is 14.5. The topological polar surface area (TPSA) is 66.8 Å². The van der Waals surface area contributed by atoms with Crippen LogP contribution in [0.4, 0.5) is 0 Å². The van der Waals surface area contributed by atoms with Crippen LogP contribution in [0.25, 0.3) is 0 Å². The first-order valence-electron chi connectivity index (χ1n) is 6.74. The molecule has 108 valence electrons. The number of carbonyl (C=O) groups is 2. The second kappa shape index (κ2) is 6.52. The van der Waals surface area contributed by atoms with Gasteiger partial charge in [-0.25, -0.2) is 4.79 Å². The molecule has 0 aliphatic carbocycles. The van der Waals surface area contributed by atoms with Crippen molar-refractivity contribution < 1.29 is 19.4 Å². The van der Waals surface area contributed by atoms with E-state index in [2.05, 4.69) is 0 Å². The van der Waals surface area contributed by atoms with E-state index in [4.69, 9.17) is 9.84 Å². The Kier molecular flexibility index (Phi) is 4.74. The molecule has 1 aliphatic heterocycles. The molecular formula is C15H19NO4.